The van der Waals surface area contributed by atoms with Crippen LogP contribution in [0.1, 0.15) is 12.0 Å². The Hall–Kier alpha value is -1.79. The van der Waals surface area contributed by atoms with E-state index in [-0.39, 0.29) is 36.4 Å². The second-order valence-corrected chi connectivity index (χ2v) is 8.48. The van der Waals surface area contributed by atoms with Crippen molar-refractivity contribution in [3.8, 4) is 11.5 Å². The molecule has 0 spiro atoms. The Labute approximate surface area is 214 Å². The zero-order valence-electron chi connectivity index (χ0n) is 20.2. The van der Waals surface area contributed by atoms with Crippen LogP contribution in [0.4, 0.5) is 0 Å². The fraction of sp³-hybridized carbons (Fsp3) is 0.652. The van der Waals surface area contributed by atoms with E-state index in [2.05, 4.69) is 20.1 Å². The number of halogens is 1. The van der Waals surface area contributed by atoms with Gasteiger partial charge >= 0.3 is 0 Å². The summed E-state index contributed by atoms with van der Waals surface area (Å²) in [6, 6.07) is 5.91. The van der Waals surface area contributed by atoms with Gasteiger partial charge in [0.15, 0.2) is 5.96 Å². The van der Waals surface area contributed by atoms with Crippen molar-refractivity contribution in [3.63, 3.8) is 0 Å². The van der Waals surface area contributed by atoms with Crippen molar-refractivity contribution in [3.05, 3.63) is 23.8 Å². The number of benzene rings is 1. The maximum Gasteiger partial charge on any atom is 0.243 e. The monoisotopic (exact) mass is 575 g/mol. The van der Waals surface area contributed by atoms with E-state index in [1.165, 1.54) is 0 Å². The summed E-state index contributed by atoms with van der Waals surface area (Å²) in [7, 11) is 6.89. The van der Waals surface area contributed by atoms with Crippen LogP contribution < -0.4 is 14.8 Å². The number of carbonyl (C=O) groups excluding carboxylic acids is 1. The quantitative estimate of drug-likeness (QED) is 0.286. The van der Waals surface area contributed by atoms with E-state index in [0.29, 0.717) is 5.92 Å². The molecule has 0 aromatic heterocycles. The highest BCUT2D eigenvalue weighted by Gasteiger charge is 2.23. The van der Waals surface area contributed by atoms with Crippen molar-refractivity contribution in [1.82, 2.24) is 20.0 Å². The highest BCUT2D eigenvalue weighted by molar-refractivity contribution is 14.0. The van der Waals surface area contributed by atoms with Gasteiger partial charge < -0.3 is 29.3 Å². The lowest BCUT2D eigenvalue weighted by molar-refractivity contribution is -0.127. The summed E-state index contributed by atoms with van der Waals surface area (Å²) in [4.78, 5) is 22.9. The topological polar surface area (TPSA) is 78.9 Å². The molecule has 1 unspecified atom stereocenters. The molecular weight excluding hydrogens is 537 g/mol. The molecule has 186 valence electrons. The Bertz CT molecular complexity index is 778. The van der Waals surface area contributed by atoms with Gasteiger partial charge in [-0.1, -0.05) is 0 Å². The average molecular weight is 575 g/mol. The number of carbonyl (C=O) groups is 1. The fourth-order valence-corrected chi connectivity index (χ4v) is 3.90. The molecule has 3 rings (SSSR count). The average Bonchev–Trinajstić information content (AvgIpc) is 3.33. The molecule has 0 bridgehead atoms. The van der Waals surface area contributed by atoms with Crippen molar-refractivity contribution in [1.29, 1.82) is 0 Å². The minimum absolute atomic E-state index is 0. The first-order chi connectivity index (χ1) is 15.5. The van der Waals surface area contributed by atoms with Crippen LogP contribution >= 0.6 is 24.0 Å². The van der Waals surface area contributed by atoms with Gasteiger partial charge in [-0.3, -0.25) is 9.69 Å². The Kier molecular flexibility index (Phi) is 11.5. The third-order valence-corrected chi connectivity index (χ3v) is 5.99. The van der Waals surface area contributed by atoms with Crippen LogP contribution in [0.25, 0.3) is 0 Å². The SMILES string of the molecule is COc1ccc(OC)c(CN2CCN(C(=NCC(=O)N(C)C)NCC3CCOC3)CC2)c1.I. The Morgan fingerprint density at radius 2 is 1.97 bits per heavy atom. The van der Waals surface area contributed by atoms with Gasteiger partial charge in [-0.2, -0.15) is 0 Å². The van der Waals surface area contributed by atoms with E-state index >= 15 is 0 Å². The van der Waals surface area contributed by atoms with Gasteiger partial charge in [0, 0.05) is 71.5 Å². The minimum atomic E-state index is -0.00254. The number of ether oxygens (including phenoxy) is 3. The van der Waals surface area contributed by atoms with Crippen molar-refractivity contribution < 1.29 is 19.0 Å². The fourth-order valence-electron chi connectivity index (χ4n) is 3.90. The van der Waals surface area contributed by atoms with Crippen LogP contribution in [-0.2, 0) is 16.1 Å². The van der Waals surface area contributed by atoms with Crippen LogP contribution in [0, 0.1) is 5.92 Å². The number of guanidine groups is 1. The summed E-state index contributed by atoms with van der Waals surface area (Å²) >= 11 is 0. The third-order valence-electron chi connectivity index (χ3n) is 5.99. The number of piperazine rings is 1. The number of nitrogens with zero attached hydrogens (tertiary/aromatic N) is 4. The second-order valence-electron chi connectivity index (χ2n) is 8.48. The van der Waals surface area contributed by atoms with Crippen LogP contribution in [0.5, 0.6) is 11.5 Å². The van der Waals surface area contributed by atoms with Gasteiger partial charge in [-0.05, 0) is 24.6 Å². The van der Waals surface area contributed by atoms with E-state index in [1.54, 1.807) is 33.2 Å². The summed E-state index contributed by atoms with van der Waals surface area (Å²) in [5.41, 5.74) is 1.12. The Balaban J connectivity index is 0.00000385. The zero-order chi connectivity index (χ0) is 22.9. The molecule has 1 aromatic carbocycles. The lowest BCUT2D eigenvalue weighted by atomic mass is 10.1. The van der Waals surface area contributed by atoms with Crippen molar-refractivity contribution in [2.45, 2.75) is 13.0 Å². The van der Waals surface area contributed by atoms with Crippen molar-refractivity contribution in [2.24, 2.45) is 10.9 Å². The van der Waals surface area contributed by atoms with Gasteiger partial charge in [-0.25, -0.2) is 4.99 Å². The molecule has 2 aliphatic rings. The largest absolute Gasteiger partial charge is 0.497 e. The number of hydrogen-bond donors (Lipinski definition) is 1. The standard InChI is InChI=1S/C23H37N5O4.HI/c1-26(2)22(29)15-25-23(24-14-18-7-12-32-17-18)28-10-8-27(9-11-28)16-19-13-20(30-3)5-6-21(19)31-4;/h5-6,13,18H,7-12,14-17H2,1-4H3,(H,24,25);1H. The number of nitrogens with one attached hydrogen (secondary N) is 1. The molecule has 2 heterocycles. The van der Waals surface area contributed by atoms with Crippen LogP contribution in [0.15, 0.2) is 23.2 Å². The molecule has 0 aliphatic carbocycles. The van der Waals surface area contributed by atoms with Gasteiger partial charge in [0.2, 0.25) is 5.91 Å². The maximum atomic E-state index is 12.1. The number of likely N-dealkylation sites (N-methyl/N-ethyl adjacent to an activating group) is 1. The summed E-state index contributed by atoms with van der Waals surface area (Å²) in [5, 5.41) is 3.49. The van der Waals surface area contributed by atoms with Crippen LogP contribution in [-0.4, -0.2) is 107 Å². The molecule has 10 heteroatoms. The van der Waals surface area contributed by atoms with E-state index in [4.69, 9.17) is 14.2 Å². The molecule has 1 atom stereocenters. The lowest BCUT2D eigenvalue weighted by Crippen LogP contribution is -2.53. The first kappa shape index (κ1) is 27.5. The molecule has 1 amide bonds. The Morgan fingerprint density at radius 1 is 1.21 bits per heavy atom. The lowest BCUT2D eigenvalue weighted by Gasteiger charge is -2.37. The second kappa shape index (κ2) is 13.8. The molecular formula is C23H38IN5O4. The highest BCUT2D eigenvalue weighted by atomic mass is 127. The summed E-state index contributed by atoms with van der Waals surface area (Å²) < 4.78 is 16.4. The number of rotatable bonds is 8. The zero-order valence-corrected chi connectivity index (χ0v) is 22.5. The molecule has 0 radical (unpaired) electrons. The predicted molar refractivity (Wildman–Crippen MR) is 140 cm³/mol. The highest BCUT2D eigenvalue weighted by Crippen LogP contribution is 2.25. The molecule has 1 aromatic rings. The van der Waals surface area contributed by atoms with Crippen molar-refractivity contribution in [2.75, 3.05) is 80.8 Å². The van der Waals surface area contributed by atoms with Gasteiger partial charge in [0.1, 0.15) is 18.0 Å². The Morgan fingerprint density at radius 3 is 2.58 bits per heavy atom. The molecule has 0 saturated carbocycles. The normalized spacial score (nSPS) is 19.1. The molecule has 2 saturated heterocycles. The van der Waals surface area contributed by atoms with E-state index < -0.39 is 0 Å². The van der Waals surface area contributed by atoms with Gasteiger partial charge in [0.05, 0.1) is 20.8 Å². The van der Waals surface area contributed by atoms with Gasteiger partial charge in [0.25, 0.3) is 0 Å². The first-order valence-electron chi connectivity index (χ1n) is 11.2. The molecule has 2 fully saturated rings. The van der Waals surface area contributed by atoms with Crippen LogP contribution in [0.2, 0.25) is 0 Å². The summed E-state index contributed by atoms with van der Waals surface area (Å²) in [6.07, 6.45) is 1.06. The molecule has 9 nitrogen and oxygen atoms in total. The smallest absolute Gasteiger partial charge is 0.243 e. The van der Waals surface area contributed by atoms with Crippen molar-refractivity contribution >= 4 is 35.8 Å². The minimum Gasteiger partial charge on any atom is -0.497 e. The maximum absolute atomic E-state index is 12.1. The molecule has 2 aliphatic heterocycles. The third kappa shape index (κ3) is 8.18. The molecule has 1 N–H and O–H groups in total. The number of aliphatic imine (C=N–C) groups is 1. The van der Waals surface area contributed by atoms with Gasteiger partial charge in [-0.15, -0.1) is 24.0 Å². The number of hydrogen-bond acceptors (Lipinski definition) is 6. The van der Waals surface area contributed by atoms with E-state index in [0.717, 1.165) is 81.9 Å². The number of amides is 1. The van der Waals surface area contributed by atoms with E-state index in [9.17, 15) is 4.79 Å². The van der Waals surface area contributed by atoms with Crippen LogP contribution in [0.3, 0.4) is 0 Å². The molecule has 33 heavy (non-hydrogen) atoms. The first-order valence-corrected chi connectivity index (χ1v) is 11.2. The summed E-state index contributed by atoms with van der Waals surface area (Å²) in [6.45, 7) is 6.85. The number of methoxy groups -OCH3 is 2. The predicted octanol–water partition coefficient (Wildman–Crippen LogP) is 1.51. The summed E-state index contributed by atoms with van der Waals surface area (Å²) in [5.74, 6) is 3.01. The van der Waals surface area contributed by atoms with E-state index in [1.807, 2.05) is 18.2 Å².